The van der Waals surface area contributed by atoms with Gasteiger partial charge in [-0.2, -0.15) is 0 Å². The van der Waals surface area contributed by atoms with E-state index >= 15 is 0 Å². The summed E-state index contributed by atoms with van der Waals surface area (Å²) in [6.45, 7) is 0.905. The van der Waals surface area contributed by atoms with Crippen molar-refractivity contribution < 1.29 is 18.7 Å². The Balaban J connectivity index is 1.61. The number of rotatable bonds is 2. The summed E-state index contributed by atoms with van der Waals surface area (Å²) in [4.78, 5) is 12.7. The lowest BCUT2D eigenvalue weighted by Crippen LogP contribution is -2.32. The summed E-state index contributed by atoms with van der Waals surface area (Å²) in [7, 11) is 0. The Morgan fingerprint density at radius 3 is 2.96 bits per heavy atom. The first-order valence-electron chi connectivity index (χ1n) is 8.20. The molecule has 0 radical (unpaired) electrons. The third-order valence-corrected chi connectivity index (χ3v) is 4.54. The number of nitrogens with one attached hydrogen (secondary N) is 1. The summed E-state index contributed by atoms with van der Waals surface area (Å²) < 4.78 is 24.7. The summed E-state index contributed by atoms with van der Waals surface area (Å²) >= 11 is 0. The zero-order valence-electron chi connectivity index (χ0n) is 13.2. The SMILES string of the molecule is O=C(NC1CCCc2ccc(F)cc21)c1cccc2c1OCCO2. The van der Waals surface area contributed by atoms with Gasteiger partial charge in [-0.1, -0.05) is 12.1 Å². The van der Waals surface area contributed by atoms with Gasteiger partial charge in [0.15, 0.2) is 11.5 Å². The van der Waals surface area contributed by atoms with Crippen molar-refractivity contribution in [2.75, 3.05) is 13.2 Å². The van der Waals surface area contributed by atoms with Crippen LogP contribution in [0.5, 0.6) is 11.5 Å². The molecular formula is C19H18FNO3. The lowest BCUT2D eigenvalue weighted by atomic mass is 9.87. The summed E-state index contributed by atoms with van der Waals surface area (Å²) in [5, 5.41) is 3.03. The summed E-state index contributed by atoms with van der Waals surface area (Å²) in [6.07, 6.45) is 2.68. The normalized spacial score (nSPS) is 18.6. The molecule has 1 amide bonds. The highest BCUT2D eigenvalue weighted by Gasteiger charge is 2.26. The predicted molar refractivity (Wildman–Crippen MR) is 87.0 cm³/mol. The van der Waals surface area contributed by atoms with Crippen molar-refractivity contribution >= 4 is 5.91 Å². The molecule has 2 aromatic carbocycles. The highest BCUT2D eigenvalue weighted by atomic mass is 19.1. The van der Waals surface area contributed by atoms with Crippen LogP contribution in [0.25, 0.3) is 0 Å². The van der Waals surface area contributed by atoms with Gasteiger partial charge in [-0.25, -0.2) is 4.39 Å². The van der Waals surface area contributed by atoms with E-state index in [1.165, 1.54) is 12.1 Å². The van der Waals surface area contributed by atoms with Gasteiger partial charge in [0.1, 0.15) is 19.0 Å². The molecule has 5 heteroatoms. The third kappa shape index (κ3) is 2.70. The smallest absolute Gasteiger partial charge is 0.255 e. The number of carbonyl (C=O) groups is 1. The van der Waals surface area contributed by atoms with Gasteiger partial charge in [0, 0.05) is 0 Å². The second kappa shape index (κ2) is 6.15. The number of para-hydroxylation sites is 1. The number of hydrogen-bond acceptors (Lipinski definition) is 3. The molecule has 1 atom stereocenters. The molecule has 1 aliphatic carbocycles. The van der Waals surface area contributed by atoms with Gasteiger partial charge in [-0.05, 0) is 54.7 Å². The summed E-state index contributed by atoms with van der Waals surface area (Å²) in [5.41, 5.74) is 2.43. The van der Waals surface area contributed by atoms with Crippen molar-refractivity contribution in [2.45, 2.75) is 25.3 Å². The van der Waals surface area contributed by atoms with Crippen LogP contribution in [0.2, 0.25) is 0 Å². The van der Waals surface area contributed by atoms with Crippen molar-refractivity contribution in [1.29, 1.82) is 0 Å². The molecule has 0 spiro atoms. The number of amides is 1. The van der Waals surface area contributed by atoms with Crippen LogP contribution in [-0.4, -0.2) is 19.1 Å². The Kier molecular flexibility index (Phi) is 3.84. The molecule has 0 saturated carbocycles. The van der Waals surface area contributed by atoms with E-state index in [0.717, 1.165) is 30.4 Å². The van der Waals surface area contributed by atoms with Crippen molar-refractivity contribution in [2.24, 2.45) is 0 Å². The maximum absolute atomic E-state index is 13.6. The number of halogens is 1. The number of benzene rings is 2. The first-order valence-corrected chi connectivity index (χ1v) is 8.20. The van der Waals surface area contributed by atoms with E-state index < -0.39 is 0 Å². The van der Waals surface area contributed by atoms with Gasteiger partial charge in [0.2, 0.25) is 0 Å². The Bertz CT molecular complexity index is 790. The molecule has 1 N–H and O–H groups in total. The molecule has 124 valence electrons. The Labute approximate surface area is 139 Å². The van der Waals surface area contributed by atoms with E-state index in [1.54, 1.807) is 18.2 Å². The second-order valence-corrected chi connectivity index (χ2v) is 6.09. The number of carbonyl (C=O) groups excluding carboxylic acids is 1. The molecule has 1 aliphatic heterocycles. The van der Waals surface area contributed by atoms with E-state index in [9.17, 15) is 9.18 Å². The lowest BCUT2D eigenvalue weighted by Gasteiger charge is -2.27. The maximum atomic E-state index is 13.6. The van der Waals surface area contributed by atoms with Crippen molar-refractivity contribution in [3.63, 3.8) is 0 Å². The molecule has 0 saturated heterocycles. The van der Waals surface area contributed by atoms with Gasteiger partial charge in [0.05, 0.1) is 11.6 Å². The van der Waals surface area contributed by atoms with Crippen LogP contribution in [0, 0.1) is 5.82 Å². The van der Waals surface area contributed by atoms with Crippen molar-refractivity contribution in [3.8, 4) is 11.5 Å². The zero-order valence-corrected chi connectivity index (χ0v) is 13.2. The molecular weight excluding hydrogens is 309 g/mol. The van der Waals surface area contributed by atoms with Crippen LogP contribution in [-0.2, 0) is 6.42 Å². The molecule has 4 nitrogen and oxygen atoms in total. The van der Waals surface area contributed by atoms with Gasteiger partial charge in [-0.3, -0.25) is 4.79 Å². The summed E-state index contributed by atoms with van der Waals surface area (Å²) in [6, 6.07) is 9.91. The fourth-order valence-corrected chi connectivity index (χ4v) is 3.41. The molecule has 2 aliphatic rings. The van der Waals surface area contributed by atoms with Crippen LogP contribution >= 0.6 is 0 Å². The molecule has 2 aromatic rings. The maximum Gasteiger partial charge on any atom is 0.255 e. The van der Waals surface area contributed by atoms with E-state index in [2.05, 4.69) is 5.32 Å². The average molecular weight is 327 g/mol. The van der Waals surface area contributed by atoms with Gasteiger partial charge < -0.3 is 14.8 Å². The Morgan fingerprint density at radius 2 is 2.04 bits per heavy atom. The second-order valence-electron chi connectivity index (χ2n) is 6.09. The van der Waals surface area contributed by atoms with Crippen LogP contribution in [0.15, 0.2) is 36.4 Å². The number of hydrogen-bond donors (Lipinski definition) is 1. The fourth-order valence-electron chi connectivity index (χ4n) is 3.41. The van der Waals surface area contributed by atoms with Crippen molar-refractivity contribution in [3.05, 3.63) is 58.9 Å². The van der Waals surface area contributed by atoms with Gasteiger partial charge in [-0.15, -0.1) is 0 Å². The Morgan fingerprint density at radius 1 is 1.17 bits per heavy atom. The monoisotopic (exact) mass is 327 g/mol. The molecule has 1 heterocycles. The van der Waals surface area contributed by atoms with Gasteiger partial charge in [0.25, 0.3) is 5.91 Å². The predicted octanol–water partition coefficient (Wildman–Crippen LogP) is 3.40. The minimum atomic E-state index is -0.274. The molecule has 0 bridgehead atoms. The quantitative estimate of drug-likeness (QED) is 0.919. The summed E-state index contributed by atoms with van der Waals surface area (Å²) in [5.74, 6) is 0.573. The van der Waals surface area contributed by atoms with E-state index in [0.29, 0.717) is 30.3 Å². The third-order valence-electron chi connectivity index (χ3n) is 4.54. The highest BCUT2D eigenvalue weighted by molar-refractivity contribution is 5.98. The average Bonchev–Trinajstić information content (AvgIpc) is 2.61. The van der Waals surface area contributed by atoms with Crippen molar-refractivity contribution in [1.82, 2.24) is 5.32 Å². The molecule has 0 aromatic heterocycles. The van der Waals surface area contributed by atoms with Crippen LogP contribution in [0.3, 0.4) is 0 Å². The van der Waals surface area contributed by atoms with E-state index in [4.69, 9.17) is 9.47 Å². The first-order chi connectivity index (χ1) is 11.7. The minimum absolute atomic E-state index is 0.183. The first kappa shape index (κ1) is 15.0. The molecule has 0 fully saturated rings. The van der Waals surface area contributed by atoms with Gasteiger partial charge >= 0.3 is 0 Å². The highest BCUT2D eigenvalue weighted by Crippen LogP contribution is 2.35. The fraction of sp³-hybridized carbons (Fsp3) is 0.316. The Hall–Kier alpha value is -2.56. The van der Waals surface area contributed by atoms with Crippen LogP contribution in [0.4, 0.5) is 4.39 Å². The number of aryl methyl sites for hydroxylation is 1. The van der Waals surface area contributed by atoms with E-state index in [-0.39, 0.29) is 17.8 Å². The minimum Gasteiger partial charge on any atom is -0.486 e. The standard InChI is InChI=1S/C19H18FNO3/c20-13-8-7-12-3-1-5-16(15(12)11-13)21-19(22)14-4-2-6-17-18(14)24-10-9-23-17/h2,4,6-8,11,16H,1,3,5,9-10H2,(H,21,22). The number of fused-ring (bicyclic) bond motifs is 2. The molecule has 1 unspecified atom stereocenters. The number of ether oxygens (including phenoxy) is 2. The largest absolute Gasteiger partial charge is 0.486 e. The lowest BCUT2D eigenvalue weighted by molar-refractivity contribution is 0.0921. The van der Waals surface area contributed by atoms with Crippen LogP contribution in [0.1, 0.15) is 40.4 Å². The zero-order chi connectivity index (χ0) is 16.5. The van der Waals surface area contributed by atoms with E-state index in [1.807, 2.05) is 6.07 Å². The molecule has 24 heavy (non-hydrogen) atoms. The van der Waals surface area contributed by atoms with Crippen LogP contribution < -0.4 is 14.8 Å². The molecule has 4 rings (SSSR count). The topological polar surface area (TPSA) is 47.6 Å².